The molecule has 6 heteroatoms. The van der Waals surface area contributed by atoms with Gasteiger partial charge in [0.15, 0.2) is 11.5 Å². The summed E-state index contributed by atoms with van der Waals surface area (Å²) < 4.78 is 34.5. The van der Waals surface area contributed by atoms with Gasteiger partial charge in [-0.25, -0.2) is 0 Å². The molecule has 1 aromatic carbocycles. The number of hydrogen-bond donors (Lipinski definition) is 0. The summed E-state index contributed by atoms with van der Waals surface area (Å²) in [5, 5.41) is 0. The first-order valence-corrected chi connectivity index (χ1v) is 8.29. The molecule has 4 nitrogen and oxygen atoms in total. The van der Waals surface area contributed by atoms with Crippen LogP contribution in [0.25, 0.3) is 6.08 Å². The molecule has 0 atom stereocenters. The molecule has 2 rings (SSSR count). The van der Waals surface area contributed by atoms with Crippen LogP contribution in [0.2, 0.25) is 0 Å². The van der Waals surface area contributed by atoms with Gasteiger partial charge in [0.05, 0.1) is 6.61 Å². The summed E-state index contributed by atoms with van der Waals surface area (Å²) in [4.78, 5) is 14.1. The number of halogens is 2. The maximum absolute atomic E-state index is 12.4. The number of carbonyl (C=O) groups excluding carboxylic acids is 1. The highest BCUT2D eigenvalue weighted by Gasteiger charge is 2.13. The van der Waals surface area contributed by atoms with Crippen LogP contribution in [0.15, 0.2) is 24.3 Å². The monoisotopic (exact) mass is 339 g/mol. The van der Waals surface area contributed by atoms with E-state index in [1.165, 1.54) is 12.1 Å². The van der Waals surface area contributed by atoms with E-state index in [1.807, 2.05) is 4.90 Å². The first-order valence-electron chi connectivity index (χ1n) is 8.29. The minimum absolute atomic E-state index is 0.0113. The van der Waals surface area contributed by atoms with E-state index in [0.717, 1.165) is 38.8 Å². The van der Waals surface area contributed by atoms with Gasteiger partial charge < -0.3 is 14.4 Å². The average molecular weight is 339 g/mol. The summed E-state index contributed by atoms with van der Waals surface area (Å²) in [5.74, 6) is 0.202. The fourth-order valence-corrected chi connectivity index (χ4v) is 2.65. The number of ether oxygens (including phenoxy) is 2. The van der Waals surface area contributed by atoms with Crippen molar-refractivity contribution in [3.05, 3.63) is 29.8 Å². The average Bonchev–Trinajstić information content (AvgIpc) is 2.84. The van der Waals surface area contributed by atoms with Crippen LogP contribution in [-0.2, 0) is 4.79 Å². The van der Waals surface area contributed by atoms with Crippen molar-refractivity contribution >= 4 is 12.0 Å². The quantitative estimate of drug-likeness (QED) is 0.733. The van der Waals surface area contributed by atoms with Crippen LogP contribution in [0, 0.1) is 0 Å². The normalized spacial score (nSPS) is 15.6. The largest absolute Gasteiger partial charge is 0.490 e. The van der Waals surface area contributed by atoms with E-state index in [4.69, 9.17) is 4.74 Å². The van der Waals surface area contributed by atoms with Gasteiger partial charge in [-0.2, -0.15) is 8.78 Å². The van der Waals surface area contributed by atoms with E-state index in [9.17, 15) is 13.6 Å². The van der Waals surface area contributed by atoms with Gasteiger partial charge in [-0.05, 0) is 43.5 Å². The molecule has 0 unspecified atom stereocenters. The molecule has 0 radical (unpaired) electrons. The fourth-order valence-electron chi connectivity index (χ4n) is 2.65. The van der Waals surface area contributed by atoms with Crippen LogP contribution in [0.1, 0.15) is 38.2 Å². The Balaban J connectivity index is 2.07. The SMILES string of the molecule is CCOc1cc(/C=C/C(=O)N2CCCCCC2)ccc1OC(F)F. The van der Waals surface area contributed by atoms with E-state index in [1.54, 1.807) is 25.1 Å². The van der Waals surface area contributed by atoms with Gasteiger partial charge in [0.25, 0.3) is 0 Å². The first-order chi connectivity index (χ1) is 11.6. The highest BCUT2D eigenvalue weighted by atomic mass is 19.3. The minimum atomic E-state index is -2.91. The number of nitrogens with zero attached hydrogens (tertiary/aromatic N) is 1. The van der Waals surface area contributed by atoms with Gasteiger partial charge in [0.1, 0.15) is 0 Å². The molecule has 0 spiro atoms. The van der Waals surface area contributed by atoms with Crippen LogP contribution < -0.4 is 9.47 Å². The van der Waals surface area contributed by atoms with Crippen molar-refractivity contribution in [3.63, 3.8) is 0 Å². The fraction of sp³-hybridized carbons (Fsp3) is 0.500. The zero-order chi connectivity index (χ0) is 17.4. The molecular weight excluding hydrogens is 316 g/mol. The van der Waals surface area contributed by atoms with Gasteiger partial charge in [-0.3, -0.25) is 4.79 Å². The second kappa shape index (κ2) is 9.25. The lowest BCUT2D eigenvalue weighted by Gasteiger charge is -2.18. The van der Waals surface area contributed by atoms with Gasteiger partial charge in [0.2, 0.25) is 5.91 Å². The van der Waals surface area contributed by atoms with Gasteiger partial charge in [-0.1, -0.05) is 18.9 Å². The topological polar surface area (TPSA) is 38.8 Å². The van der Waals surface area contributed by atoms with Crippen molar-refractivity contribution < 1.29 is 23.0 Å². The van der Waals surface area contributed by atoms with Crippen molar-refractivity contribution in [1.82, 2.24) is 4.90 Å². The molecular formula is C18H23F2NO3. The number of likely N-dealkylation sites (tertiary alicyclic amines) is 1. The molecule has 0 N–H and O–H groups in total. The van der Waals surface area contributed by atoms with Crippen LogP contribution in [0.4, 0.5) is 8.78 Å². The number of rotatable bonds is 6. The maximum atomic E-state index is 12.4. The Morgan fingerprint density at radius 3 is 2.54 bits per heavy atom. The molecule has 0 aromatic heterocycles. The molecule has 1 saturated heterocycles. The smallest absolute Gasteiger partial charge is 0.387 e. The summed E-state index contributed by atoms with van der Waals surface area (Å²) in [6.07, 6.45) is 7.58. The van der Waals surface area contributed by atoms with Gasteiger partial charge in [-0.15, -0.1) is 0 Å². The lowest BCUT2D eigenvalue weighted by atomic mass is 10.2. The van der Waals surface area contributed by atoms with Crippen LogP contribution in [0.3, 0.4) is 0 Å². The zero-order valence-corrected chi connectivity index (χ0v) is 13.8. The molecule has 0 saturated carbocycles. The zero-order valence-electron chi connectivity index (χ0n) is 13.8. The predicted molar refractivity (Wildman–Crippen MR) is 88.3 cm³/mol. The molecule has 1 aliphatic heterocycles. The van der Waals surface area contributed by atoms with Crippen molar-refractivity contribution in [3.8, 4) is 11.5 Å². The molecule has 0 aliphatic carbocycles. The lowest BCUT2D eigenvalue weighted by Crippen LogP contribution is -2.30. The molecule has 1 aromatic rings. The summed E-state index contributed by atoms with van der Waals surface area (Å²) in [5.41, 5.74) is 0.697. The Labute approximate surface area is 141 Å². The number of benzene rings is 1. The molecule has 1 heterocycles. The Kier molecular flexibility index (Phi) is 7.03. The molecule has 24 heavy (non-hydrogen) atoms. The summed E-state index contributed by atoms with van der Waals surface area (Å²) in [6.45, 7) is 0.760. The third-order valence-corrected chi connectivity index (χ3v) is 3.82. The van der Waals surface area contributed by atoms with Crippen molar-refractivity contribution in [2.75, 3.05) is 19.7 Å². The van der Waals surface area contributed by atoms with Crippen molar-refractivity contribution in [1.29, 1.82) is 0 Å². The maximum Gasteiger partial charge on any atom is 0.387 e. The van der Waals surface area contributed by atoms with E-state index in [-0.39, 0.29) is 17.4 Å². The van der Waals surface area contributed by atoms with E-state index in [2.05, 4.69) is 4.74 Å². The van der Waals surface area contributed by atoms with E-state index in [0.29, 0.717) is 12.2 Å². The third-order valence-electron chi connectivity index (χ3n) is 3.82. The van der Waals surface area contributed by atoms with E-state index < -0.39 is 6.61 Å². The number of amides is 1. The highest BCUT2D eigenvalue weighted by molar-refractivity contribution is 5.91. The summed E-state index contributed by atoms with van der Waals surface area (Å²) >= 11 is 0. The minimum Gasteiger partial charge on any atom is -0.490 e. The third kappa shape index (κ3) is 5.51. The van der Waals surface area contributed by atoms with Crippen molar-refractivity contribution in [2.24, 2.45) is 0 Å². The molecule has 1 fully saturated rings. The van der Waals surface area contributed by atoms with E-state index >= 15 is 0 Å². The van der Waals surface area contributed by atoms with Crippen LogP contribution in [0.5, 0.6) is 11.5 Å². The predicted octanol–water partition coefficient (Wildman–Crippen LogP) is 4.10. The van der Waals surface area contributed by atoms with Crippen LogP contribution >= 0.6 is 0 Å². The van der Waals surface area contributed by atoms with Gasteiger partial charge >= 0.3 is 6.61 Å². The Bertz CT molecular complexity index is 567. The Morgan fingerprint density at radius 2 is 1.92 bits per heavy atom. The standard InChI is InChI=1S/C18H23F2NO3/c1-2-23-16-13-14(7-9-15(16)24-18(19)20)8-10-17(22)21-11-5-3-4-6-12-21/h7-10,13,18H,2-6,11-12H2,1H3/b10-8+. The lowest BCUT2D eigenvalue weighted by molar-refractivity contribution is -0.125. The number of hydrogen-bond acceptors (Lipinski definition) is 3. The van der Waals surface area contributed by atoms with Crippen molar-refractivity contribution in [2.45, 2.75) is 39.2 Å². The van der Waals surface area contributed by atoms with Crippen LogP contribution in [-0.4, -0.2) is 37.1 Å². The summed E-state index contributed by atoms with van der Waals surface area (Å²) in [6, 6.07) is 4.63. The second-order valence-corrected chi connectivity index (χ2v) is 5.59. The second-order valence-electron chi connectivity index (χ2n) is 5.59. The molecule has 1 aliphatic rings. The molecule has 0 bridgehead atoms. The molecule has 132 valence electrons. The number of alkyl halides is 2. The van der Waals surface area contributed by atoms with Gasteiger partial charge in [0, 0.05) is 19.2 Å². The molecule has 1 amide bonds. The Hall–Kier alpha value is -2.11. The summed E-state index contributed by atoms with van der Waals surface area (Å²) in [7, 11) is 0. The number of carbonyl (C=O) groups is 1. The first kappa shape index (κ1) is 18.2. The Morgan fingerprint density at radius 1 is 1.21 bits per heavy atom. The highest BCUT2D eigenvalue weighted by Crippen LogP contribution is 2.30.